The molecule has 0 unspecified atom stereocenters. The molecule has 2 rings (SSSR count). The summed E-state index contributed by atoms with van der Waals surface area (Å²) < 4.78 is 5.84. The van der Waals surface area contributed by atoms with Crippen molar-refractivity contribution in [3.05, 3.63) is 59.7 Å². The minimum Gasteiger partial charge on any atom is -0.457 e. The van der Waals surface area contributed by atoms with Crippen LogP contribution in [0.4, 0.5) is 0 Å². The van der Waals surface area contributed by atoms with Crippen LogP contribution >= 0.6 is 0 Å². The highest BCUT2D eigenvalue weighted by atomic mass is 16.5. The quantitative estimate of drug-likeness (QED) is 0.848. The fraction of sp³-hybridized carbons (Fsp3) is 0.200. The van der Waals surface area contributed by atoms with E-state index in [1.54, 1.807) is 0 Å². The first-order chi connectivity index (χ1) is 8.83. The molecule has 0 aromatic heterocycles. The predicted molar refractivity (Wildman–Crippen MR) is 71.6 cm³/mol. The zero-order chi connectivity index (χ0) is 12.8. The molecule has 0 saturated carbocycles. The minimum absolute atomic E-state index is 0.114. The molecule has 0 heterocycles. The van der Waals surface area contributed by atoms with Crippen LogP contribution in [0.3, 0.4) is 0 Å². The molecule has 0 fully saturated rings. The molecule has 0 spiro atoms. The number of aliphatic hydroxyl groups excluding tert-OH is 1. The second kappa shape index (κ2) is 6.19. The summed E-state index contributed by atoms with van der Waals surface area (Å²) in [4.78, 5) is 0. The van der Waals surface area contributed by atoms with Crippen LogP contribution in [-0.2, 0) is 13.0 Å². The van der Waals surface area contributed by atoms with Crippen molar-refractivity contribution in [2.75, 3.05) is 6.61 Å². The van der Waals surface area contributed by atoms with Crippen LogP contribution in [0.15, 0.2) is 48.5 Å². The number of hydrogen-bond acceptors (Lipinski definition) is 3. The summed E-state index contributed by atoms with van der Waals surface area (Å²) in [6.07, 6.45) is 0.590. The predicted octanol–water partition coefficient (Wildman–Crippen LogP) is 2.47. The fourth-order valence-electron chi connectivity index (χ4n) is 1.79. The Bertz CT molecular complexity index is 511. The van der Waals surface area contributed by atoms with Crippen molar-refractivity contribution in [2.24, 2.45) is 5.73 Å². The third kappa shape index (κ3) is 3.09. The zero-order valence-electron chi connectivity index (χ0n) is 10.2. The van der Waals surface area contributed by atoms with Crippen LogP contribution in [0, 0.1) is 0 Å². The Hall–Kier alpha value is -1.84. The van der Waals surface area contributed by atoms with Gasteiger partial charge in [0.2, 0.25) is 0 Å². The summed E-state index contributed by atoms with van der Waals surface area (Å²) >= 11 is 0. The molecule has 0 aliphatic carbocycles. The van der Waals surface area contributed by atoms with Crippen molar-refractivity contribution in [2.45, 2.75) is 13.0 Å². The van der Waals surface area contributed by atoms with Crippen molar-refractivity contribution in [1.82, 2.24) is 0 Å². The molecule has 3 nitrogen and oxygen atoms in total. The minimum atomic E-state index is 0.114. The summed E-state index contributed by atoms with van der Waals surface area (Å²) in [5.41, 5.74) is 7.63. The molecular weight excluding hydrogens is 226 g/mol. The molecule has 3 N–H and O–H groups in total. The van der Waals surface area contributed by atoms with Crippen LogP contribution in [0.25, 0.3) is 0 Å². The van der Waals surface area contributed by atoms with Gasteiger partial charge in [-0.05, 0) is 35.7 Å². The number of aliphatic hydroxyl groups is 1. The molecule has 94 valence electrons. The molecule has 0 amide bonds. The number of rotatable bonds is 5. The molecule has 0 aliphatic rings. The molecular formula is C15H17NO2. The second-order valence-corrected chi connectivity index (χ2v) is 4.03. The Kier molecular flexibility index (Phi) is 4.34. The third-order valence-corrected chi connectivity index (χ3v) is 2.72. The van der Waals surface area contributed by atoms with E-state index >= 15 is 0 Å². The molecule has 0 atom stereocenters. The van der Waals surface area contributed by atoms with E-state index in [0.717, 1.165) is 22.6 Å². The maximum atomic E-state index is 9.02. The first-order valence-electron chi connectivity index (χ1n) is 5.99. The van der Waals surface area contributed by atoms with E-state index in [2.05, 4.69) is 0 Å². The van der Waals surface area contributed by atoms with Crippen LogP contribution in [0.5, 0.6) is 11.5 Å². The summed E-state index contributed by atoms with van der Waals surface area (Å²) in [7, 11) is 0. The average Bonchev–Trinajstić information content (AvgIpc) is 2.41. The van der Waals surface area contributed by atoms with E-state index in [1.165, 1.54) is 0 Å². The monoisotopic (exact) mass is 243 g/mol. The highest BCUT2D eigenvalue weighted by Crippen LogP contribution is 2.26. The smallest absolute Gasteiger partial charge is 0.130 e. The summed E-state index contributed by atoms with van der Waals surface area (Å²) in [5, 5.41) is 9.02. The van der Waals surface area contributed by atoms with Gasteiger partial charge in [-0.3, -0.25) is 0 Å². The Labute approximate surface area is 107 Å². The molecule has 3 heteroatoms. The van der Waals surface area contributed by atoms with Gasteiger partial charge in [0.25, 0.3) is 0 Å². The van der Waals surface area contributed by atoms with Gasteiger partial charge in [-0.15, -0.1) is 0 Å². The first kappa shape index (κ1) is 12.6. The summed E-state index contributed by atoms with van der Waals surface area (Å²) in [5.74, 6) is 1.55. The van der Waals surface area contributed by atoms with E-state index in [-0.39, 0.29) is 6.61 Å². The van der Waals surface area contributed by atoms with Gasteiger partial charge in [-0.25, -0.2) is 0 Å². The first-order valence-corrected chi connectivity index (χ1v) is 5.99. The van der Waals surface area contributed by atoms with E-state index in [0.29, 0.717) is 13.0 Å². The molecule has 2 aromatic carbocycles. The standard InChI is InChI=1S/C15H17NO2/c16-11-12-4-3-6-14(10-12)18-15-7-2-1-5-13(15)8-9-17/h1-7,10,17H,8-9,11,16H2. The SMILES string of the molecule is NCc1cccc(Oc2ccccc2CCO)c1. The largest absolute Gasteiger partial charge is 0.457 e. The molecule has 0 saturated heterocycles. The Morgan fingerprint density at radius 1 is 1.06 bits per heavy atom. The number of nitrogens with two attached hydrogens (primary N) is 1. The van der Waals surface area contributed by atoms with Crippen LogP contribution in [0.2, 0.25) is 0 Å². The number of para-hydroxylation sites is 1. The Balaban J connectivity index is 2.22. The van der Waals surface area contributed by atoms with Crippen molar-refractivity contribution in [3.63, 3.8) is 0 Å². The van der Waals surface area contributed by atoms with Crippen LogP contribution in [-0.4, -0.2) is 11.7 Å². The van der Waals surface area contributed by atoms with Crippen LogP contribution in [0.1, 0.15) is 11.1 Å². The number of hydrogen-bond donors (Lipinski definition) is 2. The van der Waals surface area contributed by atoms with Crippen molar-refractivity contribution < 1.29 is 9.84 Å². The lowest BCUT2D eigenvalue weighted by Gasteiger charge is -2.11. The lowest BCUT2D eigenvalue weighted by atomic mass is 10.1. The van der Waals surface area contributed by atoms with Gasteiger partial charge < -0.3 is 15.6 Å². The highest BCUT2D eigenvalue weighted by Gasteiger charge is 2.04. The lowest BCUT2D eigenvalue weighted by Crippen LogP contribution is -1.97. The van der Waals surface area contributed by atoms with E-state index in [9.17, 15) is 0 Å². The van der Waals surface area contributed by atoms with Gasteiger partial charge in [0, 0.05) is 13.2 Å². The molecule has 0 radical (unpaired) electrons. The Morgan fingerprint density at radius 2 is 1.89 bits per heavy atom. The normalized spacial score (nSPS) is 10.3. The lowest BCUT2D eigenvalue weighted by molar-refractivity contribution is 0.298. The average molecular weight is 243 g/mol. The van der Waals surface area contributed by atoms with Gasteiger partial charge >= 0.3 is 0 Å². The third-order valence-electron chi connectivity index (χ3n) is 2.72. The highest BCUT2D eigenvalue weighted by molar-refractivity contribution is 5.39. The maximum Gasteiger partial charge on any atom is 0.130 e. The topological polar surface area (TPSA) is 55.5 Å². The van der Waals surface area contributed by atoms with Crippen LogP contribution < -0.4 is 10.5 Å². The van der Waals surface area contributed by atoms with Crippen molar-refractivity contribution in [3.8, 4) is 11.5 Å². The van der Waals surface area contributed by atoms with Gasteiger partial charge in [0.05, 0.1) is 0 Å². The van der Waals surface area contributed by atoms with E-state index in [1.807, 2.05) is 48.5 Å². The second-order valence-electron chi connectivity index (χ2n) is 4.03. The molecule has 0 aliphatic heterocycles. The summed E-state index contributed by atoms with van der Waals surface area (Å²) in [6, 6.07) is 15.4. The maximum absolute atomic E-state index is 9.02. The van der Waals surface area contributed by atoms with Gasteiger partial charge in [-0.1, -0.05) is 30.3 Å². The number of benzene rings is 2. The van der Waals surface area contributed by atoms with Gasteiger partial charge in [0.1, 0.15) is 11.5 Å². The molecule has 18 heavy (non-hydrogen) atoms. The Morgan fingerprint density at radius 3 is 2.67 bits per heavy atom. The zero-order valence-corrected chi connectivity index (χ0v) is 10.2. The van der Waals surface area contributed by atoms with Crippen molar-refractivity contribution >= 4 is 0 Å². The van der Waals surface area contributed by atoms with E-state index < -0.39 is 0 Å². The molecule has 0 bridgehead atoms. The number of ether oxygens (including phenoxy) is 1. The summed E-state index contributed by atoms with van der Waals surface area (Å²) in [6.45, 7) is 0.610. The van der Waals surface area contributed by atoms with Gasteiger partial charge in [-0.2, -0.15) is 0 Å². The van der Waals surface area contributed by atoms with Gasteiger partial charge in [0.15, 0.2) is 0 Å². The fourth-order valence-corrected chi connectivity index (χ4v) is 1.79. The van der Waals surface area contributed by atoms with E-state index in [4.69, 9.17) is 15.6 Å². The molecule has 2 aromatic rings. The van der Waals surface area contributed by atoms with Crippen molar-refractivity contribution in [1.29, 1.82) is 0 Å².